The van der Waals surface area contributed by atoms with Crippen LogP contribution in [0.4, 0.5) is 0 Å². The molecule has 0 bridgehead atoms. The van der Waals surface area contributed by atoms with Crippen molar-refractivity contribution >= 4 is 0 Å². The maximum atomic E-state index is 8.74. The Bertz CT molecular complexity index is 548. The highest BCUT2D eigenvalue weighted by Gasteiger charge is 2.01. The van der Waals surface area contributed by atoms with Gasteiger partial charge in [0.25, 0.3) is 0 Å². The Kier molecular flexibility index (Phi) is 4.71. The Morgan fingerprint density at radius 1 is 1.26 bits per heavy atom. The molecule has 19 heavy (non-hydrogen) atoms. The van der Waals surface area contributed by atoms with Gasteiger partial charge in [0.1, 0.15) is 0 Å². The van der Waals surface area contributed by atoms with Crippen molar-refractivity contribution in [2.75, 3.05) is 0 Å². The van der Waals surface area contributed by atoms with E-state index >= 15 is 0 Å². The molecule has 98 valence electrons. The molecule has 1 aromatic heterocycles. The lowest BCUT2D eigenvalue weighted by Gasteiger charge is -2.08. The first-order valence-corrected chi connectivity index (χ1v) is 6.52. The number of benzene rings is 1. The number of hydrogen-bond donors (Lipinski definition) is 1. The Labute approximate surface area is 113 Å². The number of imidazole rings is 1. The van der Waals surface area contributed by atoms with Crippen molar-refractivity contribution in [2.24, 2.45) is 0 Å². The Morgan fingerprint density at radius 3 is 2.74 bits per heavy atom. The summed E-state index contributed by atoms with van der Waals surface area (Å²) in [6.45, 7) is 4.77. The van der Waals surface area contributed by atoms with Crippen molar-refractivity contribution in [3.05, 3.63) is 53.6 Å². The molecule has 0 saturated heterocycles. The maximum absolute atomic E-state index is 8.74. The highest BCUT2D eigenvalue weighted by atomic mass is 15.1. The summed E-state index contributed by atoms with van der Waals surface area (Å²) >= 11 is 0. The summed E-state index contributed by atoms with van der Waals surface area (Å²) in [5, 5.41) is 12.1. The van der Waals surface area contributed by atoms with Crippen molar-refractivity contribution in [2.45, 2.75) is 33.0 Å². The summed E-state index contributed by atoms with van der Waals surface area (Å²) in [6, 6.07) is 9.78. The smallest absolute Gasteiger partial charge is 0.0991 e. The Balaban J connectivity index is 1.85. The van der Waals surface area contributed by atoms with E-state index in [-0.39, 0.29) is 0 Å². The van der Waals surface area contributed by atoms with Gasteiger partial charge < -0.3 is 9.88 Å². The lowest BCUT2D eigenvalue weighted by Crippen LogP contribution is -2.15. The summed E-state index contributed by atoms with van der Waals surface area (Å²) in [5.74, 6) is 0. The van der Waals surface area contributed by atoms with Gasteiger partial charge in [0.2, 0.25) is 0 Å². The third-order valence-corrected chi connectivity index (χ3v) is 2.98. The second-order valence-corrected chi connectivity index (χ2v) is 4.49. The maximum Gasteiger partial charge on any atom is 0.0991 e. The minimum Gasteiger partial charge on any atom is -0.333 e. The van der Waals surface area contributed by atoms with E-state index in [4.69, 9.17) is 5.26 Å². The average molecular weight is 254 g/mol. The first-order valence-electron chi connectivity index (χ1n) is 6.52. The van der Waals surface area contributed by atoms with Gasteiger partial charge in [0.15, 0.2) is 0 Å². The van der Waals surface area contributed by atoms with Crippen LogP contribution in [0.2, 0.25) is 0 Å². The summed E-state index contributed by atoms with van der Waals surface area (Å²) in [4.78, 5) is 4.18. The van der Waals surface area contributed by atoms with E-state index in [0.29, 0.717) is 5.56 Å². The fourth-order valence-electron chi connectivity index (χ4n) is 1.97. The van der Waals surface area contributed by atoms with Gasteiger partial charge in [0, 0.05) is 25.8 Å². The summed E-state index contributed by atoms with van der Waals surface area (Å²) in [7, 11) is 0. The molecule has 0 unspecified atom stereocenters. The fourth-order valence-corrected chi connectivity index (χ4v) is 1.97. The van der Waals surface area contributed by atoms with Gasteiger partial charge in [-0.1, -0.05) is 19.1 Å². The van der Waals surface area contributed by atoms with E-state index < -0.39 is 0 Å². The number of hydrogen-bond acceptors (Lipinski definition) is 3. The molecular weight excluding hydrogens is 236 g/mol. The van der Waals surface area contributed by atoms with E-state index in [0.717, 1.165) is 26.1 Å². The van der Waals surface area contributed by atoms with Crippen LogP contribution in [0.3, 0.4) is 0 Å². The van der Waals surface area contributed by atoms with Crippen LogP contribution in [-0.4, -0.2) is 9.55 Å². The van der Waals surface area contributed by atoms with E-state index in [2.05, 4.69) is 27.9 Å². The molecular formula is C15H18N4. The van der Waals surface area contributed by atoms with Crippen molar-refractivity contribution in [1.82, 2.24) is 14.9 Å². The molecule has 2 aromatic rings. The standard InChI is InChI=1S/C15H18N4/c1-2-7-19-12-18-11-15(19)10-17-9-14-5-3-13(8-16)4-6-14/h3-6,11-12,17H,2,7,9-10H2,1H3. The zero-order valence-corrected chi connectivity index (χ0v) is 11.1. The SMILES string of the molecule is CCCn1cncc1CNCc1ccc(C#N)cc1. The molecule has 1 aromatic carbocycles. The van der Waals surface area contributed by atoms with Crippen molar-refractivity contribution in [3.63, 3.8) is 0 Å². The van der Waals surface area contributed by atoms with Crippen LogP contribution >= 0.6 is 0 Å². The number of aromatic nitrogens is 2. The molecule has 0 radical (unpaired) electrons. The minimum absolute atomic E-state index is 0.699. The van der Waals surface area contributed by atoms with E-state index in [1.807, 2.05) is 36.8 Å². The summed E-state index contributed by atoms with van der Waals surface area (Å²) in [5.41, 5.74) is 3.08. The van der Waals surface area contributed by atoms with Crippen molar-refractivity contribution in [3.8, 4) is 6.07 Å². The lowest BCUT2D eigenvalue weighted by molar-refractivity contribution is 0.601. The third-order valence-electron chi connectivity index (χ3n) is 2.98. The molecule has 0 spiro atoms. The molecule has 2 rings (SSSR count). The highest BCUT2D eigenvalue weighted by molar-refractivity contribution is 5.31. The molecule has 4 heteroatoms. The zero-order valence-electron chi connectivity index (χ0n) is 11.1. The molecule has 0 aliphatic rings. The predicted octanol–water partition coefficient (Wildman–Crippen LogP) is 2.45. The first-order chi connectivity index (χ1) is 9.33. The van der Waals surface area contributed by atoms with Gasteiger partial charge in [-0.15, -0.1) is 0 Å². The van der Waals surface area contributed by atoms with Crippen LogP contribution in [0.1, 0.15) is 30.2 Å². The van der Waals surface area contributed by atoms with Crippen molar-refractivity contribution in [1.29, 1.82) is 5.26 Å². The van der Waals surface area contributed by atoms with Crippen LogP contribution < -0.4 is 5.32 Å². The molecule has 0 amide bonds. The topological polar surface area (TPSA) is 53.6 Å². The number of nitrogens with zero attached hydrogens (tertiary/aromatic N) is 3. The quantitative estimate of drug-likeness (QED) is 0.861. The van der Waals surface area contributed by atoms with Gasteiger partial charge in [-0.05, 0) is 24.1 Å². The molecule has 4 nitrogen and oxygen atoms in total. The lowest BCUT2D eigenvalue weighted by atomic mass is 10.1. The fraction of sp³-hybridized carbons (Fsp3) is 0.333. The van der Waals surface area contributed by atoms with Crippen LogP contribution in [0, 0.1) is 11.3 Å². The van der Waals surface area contributed by atoms with Crippen LogP contribution in [0.5, 0.6) is 0 Å². The minimum atomic E-state index is 0.699. The summed E-state index contributed by atoms with van der Waals surface area (Å²) in [6.07, 6.45) is 4.89. The molecule has 1 N–H and O–H groups in total. The van der Waals surface area contributed by atoms with Crippen molar-refractivity contribution < 1.29 is 0 Å². The summed E-state index contributed by atoms with van der Waals surface area (Å²) < 4.78 is 2.17. The monoisotopic (exact) mass is 254 g/mol. The molecule has 0 fully saturated rings. The van der Waals surface area contributed by atoms with Crippen LogP contribution in [-0.2, 0) is 19.6 Å². The average Bonchev–Trinajstić information content (AvgIpc) is 2.88. The molecule has 0 atom stereocenters. The predicted molar refractivity (Wildman–Crippen MR) is 74.2 cm³/mol. The van der Waals surface area contributed by atoms with E-state index in [1.165, 1.54) is 11.3 Å². The largest absolute Gasteiger partial charge is 0.333 e. The second-order valence-electron chi connectivity index (χ2n) is 4.49. The van der Waals surface area contributed by atoms with Gasteiger partial charge in [-0.2, -0.15) is 5.26 Å². The van der Waals surface area contributed by atoms with Crippen LogP contribution in [0.15, 0.2) is 36.8 Å². The van der Waals surface area contributed by atoms with Gasteiger partial charge in [-0.3, -0.25) is 0 Å². The molecule has 0 saturated carbocycles. The Morgan fingerprint density at radius 2 is 2.05 bits per heavy atom. The van der Waals surface area contributed by atoms with Crippen LogP contribution in [0.25, 0.3) is 0 Å². The number of nitrogens with one attached hydrogen (secondary N) is 1. The van der Waals surface area contributed by atoms with Gasteiger partial charge >= 0.3 is 0 Å². The highest BCUT2D eigenvalue weighted by Crippen LogP contribution is 2.04. The number of nitriles is 1. The van der Waals surface area contributed by atoms with E-state index in [9.17, 15) is 0 Å². The number of rotatable bonds is 6. The van der Waals surface area contributed by atoms with Gasteiger partial charge in [0.05, 0.1) is 23.7 Å². The van der Waals surface area contributed by atoms with Gasteiger partial charge in [-0.25, -0.2) is 4.98 Å². The molecule has 0 aliphatic heterocycles. The van der Waals surface area contributed by atoms with E-state index in [1.54, 1.807) is 0 Å². The molecule has 1 heterocycles. The second kappa shape index (κ2) is 6.72. The Hall–Kier alpha value is -2.12. The first kappa shape index (κ1) is 13.3. The zero-order chi connectivity index (χ0) is 13.5. The molecule has 0 aliphatic carbocycles. The third kappa shape index (κ3) is 3.67. The number of aryl methyl sites for hydroxylation is 1. The normalized spacial score (nSPS) is 10.3.